The Balaban J connectivity index is 2.19. The van der Waals surface area contributed by atoms with Crippen LogP contribution in [-0.2, 0) is 6.61 Å². The largest absolute Gasteiger partial charge is 0.392 e. The van der Waals surface area contributed by atoms with Gasteiger partial charge in [0.25, 0.3) is 0 Å². The number of nitrogens with zero attached hydrogens (tertiary/aromatic N) is 2. The molecular weight excluding hydrogens is 164 g/mol. The monoisotopic (exact) mass is 176 g/mol. The van der Waals surface area contributed by atoms with Gasteiger partial charge >= 0.3 is 0 Å². The summed E-state index contributed by atoms with van der Waals surface area (Å²) in [6.45, 7) is 1.92. The molecule has 0 amide bonds. The van der Waals surface area contributed by atoms with Crippen LogP contribution in [0, 0.1) is 0 Å². The van der Waals surface area contributed by atoms with Crippen molar-refractivity contribution >= 4 is 5.82 Å². The van der Waals surface area contributed by atoms with Crippen LogP contribution in [0.15, 0.2) is 30.5 Å². The van der Waals surface area contributed by atoms with Crippen molar-refractivity contribution in [3.63, 3.8) is 0 Å². The zero-order valence-electron chi connectivity index (χ0n) is 7.35. The van der Waals surface area contributed by atoms with Gasteiger partial charge in [-0.3, -0.25) is 0 Å². The van der Waals surface area contributed by atoms with Gasteiger partial charge in [0.15, 0.2) is 0 Å². The second-order valence-electron chi connectivity index (χ2n) is 3.06. The summed E-state index contributed by atoms with van der Waals surface area (Å²) in [5, 5.41) is 8.94. The lowest BCUT2D eigenvalue weighted by Gasteiger charge is -2.16. The van der Waals surface area contributed by atoms with Gasteiger partial charge in [0.2, 0.25) is 0 Å². The first-order valence-electron chi connectivity index (χ1n) is 4.36. The maximum atomic E-state index is 8.94. The third kappa shape index (κ3) is 1.70. The van der Waals surface area contributed by atoms with E-state index in [1.807, 2.05) is 12.1 Å². The first-order valence-corrected chi connectivity index (χ1v) is 4.36. The molecule has 0 bridgehead atoms. The van der Waals surface area contributed by atoms with Crippen LogP contribution in [0.4, 0.5) is 5.82 Å². The molecule has 0 saturated carbocycles. The van der Waals surface area contributed by atoms with Crippen molar-refractivity contribution in [3.05, 3.63) is 36.0 Å². The summed E-state index contributed by atoms with van der Waals surface area (Å²) in [6.07, 6.45) is 5.97. The summed E-state index contributed by atoms with van der Waals surface area (Å²) >= 11 is 0. The standard InChI is InChI=1S/C10H12N2O/c13-8-9-3-4-11-10(7-9)12-5-1-2-6-12/h1-4,7,13H,5-6,8H2. The second kappa shape index (κ2) is 3.58. The highest BCUT2D eigenvalue weighted by molar-refractivity contribution is 5.44. The van der Waals surface area contributed by atoms with Crippen LogP contribution in [0.2, 0.25) is 0 Å². The van der Waals surface area contributed by atoms with E-state index >= 15 is 0 Å². The number of anilines is 1. The molecule has 0 fully saturated rings. The molecule has 0 aliphatic carbocycles. The van der Waals surface area contributed by atoms with Crippen LogP contribution in [0.1, 0.15) is 5.56 Å². The minimum absolute atomic E-state index is 0.0801. The molecule has 68 valence electrons. The third-order valence-corrected chi connectivity index (χ3v) is 2.13. The van der Waals surface area contributed by atoms with Crippen molar-refractivity contribution < 1.29 is 5.11 Å². The summed E-state index contributed by atoms with van der Waals surface area (Å²) in [4.78, 5) is 6.40. The van der Waals surface area contributed by atoms with E-state index in [-0.39, 0.29) is 6.61 Å². The van der Waals surface area contributed by atoms with E-state index in [1.54, 1.807) is 6.20 Å². The summed E-state index contributed by atoms with van der Waals surface area (Å²) in [7, 11) is 0. The Kier molecular flexibility index (Phi) is 2.27. The van der Waals surface area contributed by atoms with E-state index < -0.39 is 0 Å². The maximum absolute atomic E-state index is 8.94. The Morgan fingerprint density at radius 2 is 2.15 bits per heavy atom. The summed E-state index contributed by atoms with van der Waals surface area (Å²) in [5.74, 6) is 0.941. The molecule has 1 aromatic heterocycles. The molecule has 0 radical (unpaired) electrons. The van der Waals surface area contributed by atoms with Gasteiger partial charge in [0, 0.05) is 19.3 Å². The van der Waals surface area contributed by atoms with Gasteiger partial charge in [0.05, 0.1) is 6.61 Å². The number of pyridine rings is 1. The van der Waals surface area contributed by atoms with Crippen LogP contribution in [0.5, 0.6) is 0 Å². The van der Waals surface area contributed by atoms with E-state index in [4.69, 9.17) is 5.11 Å². The van der Waals surface area contributed by atoms with Crippen molar-refractivity contribution in [1.29, 1.82) is 0 Å². The fraction of sp³-hybridized carbons (Fsp3) is 0.300. The van der Waals surface area contributed by atoms with Crippen LogP contribution in [0.25, 0.3) is 0 Å². The number of aromatic nitrogens is 1. The Morgan fingerprint density at radius 1 is 1.38 bits per heavy atom. The Morgan fingerprint density at radius 3 is 2.85 bits per heavy atom. The van der Waals surface area contributed by atoms with E-state index in [1.165, 1.54) is 0 Å². The fourth-order valence-corrected chi connectivity index (χ4v) is 1.40. The molecular formula is C10H12N2O. The molecule has 0 atom stereocenters. The smallest absolute Gasteiger partial charge is 0.129 e. The average molecular weight is 176 g/mol. The number of rotatable bonds is 2. The molecule has 0 aromatic carbocycles. The minimum atomic E-state index is 0.0801. The van der Waals surface area contributed by atoms with Crippen molar-refractivity contribution in [3.8, 4) is 0 Å². The summed E-state index contributed by atoms with van der Waals surface area (Å²) in [5.41, 5.74) is 0.914. The molecule has 2 rings (SSSR count). The lowest BCUT2D eigenvalue weighted by atomic mass is 10.3. The van der Waals surface area contributed by atoms with Crippen molar-refractivity contribution in [2.75, 3.05) is 18.0 Å². The number of hydrogen-bond donors (Lipinski definition) is 1. The van der Waals surface area contributed by atoms with Crippen LogP contribution >= 0.6 is 0 Å². The Labute approximate surface area is 77.3 Å². The summed E-state index contributed by atoms with van der Waals surface area (Å²) in [6, 6.07) is 3.75. The van der Waals surface area contributed by atoms with Gasteiger partial charge in [-0.15, -0.1) is 0 Å². The van der Waals surface area contributed by atoms with Crippen LogP contribution < -0.4 is 4.90 Å². The molecule has 0 unspecified atom stereocenters. The van der Waals surface area contributed by atoms with Crippen molar-refractivity contribution in [2.24, 2.45) is 0 Å². The van der Waals surface area contributed by atoms with Gasteiger partial charge in [-0.2, -0.15) is 0 Å². The highest BCUT2D eigenvalue weighted by atomic mass is 16.3. The molecule has 13 heavy (non-hydrogen) atoms. The zero-order valence-corrected chi connectivity index (χ0v) is 7.35. The highest BCUT2D eigenvalue weighted by Crippen LogP contribution is 2.14. The topological polar surface area (TPSA) is 36.4 Å². The zero-order chi connectivity index (χ0) is 9.10. The van der Waals surface area contributed by atoms with Gasteiger partial charge in [-0.25, -0.2) is 4.98 Å². The van der Waals surface area contributed by atoms with E-state index in [0.29, 0.717) is 0 Å². The third-order valence-electron chi connectivity index (χ3n) is 2.13. The molecule has 1 N–H and O–H groups in total. The van der Waals surface area contributed by atoms with Gasteiger partial charge in [-0.05, 0) is 17.7 Å². The lowest BCUT2D eigenvalue weighted by Crippen LogP contribution is -2.19. The maximum Gasteiger partial charge on any atom is 0.129 e. The van der Waals surface area contributed by atoms with E-state index in [2.05, 4.69) is 22.0 Å². The number of aliphatic hydroxyl groups is 1. The normalized spacial score (nSPS) is 15.3. The summed E-state index contributed by atoms with van der Waals surface area (Å²) < 4.78 is 0. The molecule has 3 nitrogen and oxygen atoms in total. The van der Waals surface area contributed by atoms with Crippen LogP contribution in [-0.4, -0.2) is 23.2 Å². The fourth-order valence-electron chi connectivity index (χ4n) is 1.40. The SMILES string of the molecule is OCc1ccnc(N2CC=CC2)c1. The lowest BCUT2D eigenvalue weighted by molar-refractivity contribution is 0.281. The number of hydrogen-bond acceptors (Lipinski definition) is 3. The molecule has 1 aliphatic rings. The average Bonchev–Trinajstić information content (AvgIpc) is 2.71. The quantitative estimate of drug-likeness (QED) is 0.681. The van der Waals surface area contributed by atoms with Gasteiger partial charge in [0.1, 0.15) is 5.82 Å². The van der Waals surface area contributed by atoms with E-state index in [0.717, 1.165) is 24.5 Å². The molecule has 0 spiro atoms. The Bertz CT molecular complexity index is 314. The van der Waals surface area contributed by atoms with Crippen LogP contribution in [0.3, 0.4) is 0 Å². The number of aliphatic hydroxyl groups excluding tert-OH is 1. The molecule has 0 saturated heterocycles. The minimum Gasteiger partial charge on any atom is -0.392 e. The predicted molar refractivity (Wildman–Crippen MR) is 51.5 cm³/mol. The van der Waals surface area contributed by atoms with Gasteiger partial charge < -0.3 is 10.0 Å². The van der Waals surface area contributed by atoms with Crippen molar-refractivity contribution in [2.45, 2.75) is 6.61 Å². The highest BCUT2D eigenvalue weighted by Gasteiger charge is 2.08. The van der Waals surface area contributed by atoms with Gasteiger partial charge in [-0.1, -0.05) is 12.2 Å². The second-order valence-corrected chi connectivity index (χ2v) is 3.06. The molecule has 3 heteroatoms. The molecule has 1 aromatic rings. The van der Waals surface area contributed by atoms with E-state index in [9.17, 15) is 0 Å². The van der Waals surface area contributed by atoms with Crippen molar-refractivity contribution in [1.82, 2.24) is 4.98 Å². The molecule has 1 aliphatic heterocycles. The Hall–Kier alpha value is -1.35. The first-order chi connectivity index (χ1) is 6.40. The predicted octanol–water partition coefficient (Wildman–Crippen LogP) is 0.950. The first kappa shape index (κ1) is 8.26. The molecule has 2 heterocycles.